The molecule has 0 N–H and O–H groups in total. The molecule has 63 valence electrons. The van der Waals surface area contributed by atoms with E-state index >= 15 is 0 Å². The van der Waals surface area contributed by atoms with Crippen molar-refractivity contribution in [1.29, 1.82) is 0 Å². The second kappa shape index (κ2) is 4.10. The van der Waals surface area contributed by atoms with Crippen LogP contribution in [0.2, 0.25) is 0 Å². The summed E-state index contributed by atoms with van der Waals surface area (Å²) in [6.45, 7) is 7.94. The number of hydrogen-bond donors (Lipinski definition) is 0. The summed E-state index contributed by atoms with van der Waals surface area (Å²) in [5, 5.41) is 0. The lowest BCUT2D eigenvalue weighted by Gasteiger charge is -2.03. The Hall–Kier alpha value is -1.04. The molecule has 0 atom stereocenters. The van der Waals surface area contributed by atoms with Gasteiger partial charge in [-0.1, -0.05) is 35.9 Å². The molecule has 0 aliphatic heterocycles. The Balaban J connectivity index is 2.89. The Bertz CT molecular complexity index is 282. The highest BCUT2D eigenvalue weighted by Gasteiger charge is 1.94. The average Bonchev–Trinajstić information content (AvgIpc) is 2.07. The summed E-state index contributed by atoms with van der Waals surface area (Å²) in [5.41, 5.74) is 4.08. The van der Waals surface area contributed by atoms with Crippen molar-refractivity contribution in [3.05, 3.63) is 54.0 Å². The quantitative estimate of drug-likeness (QED) is 0.621. The molecule has 0 spiro atoms. The number of hydrogen-bond acceptors (Lipinski definition) is 0. The standard InChI is InChI=1S/C12H15/c1-4-5-6-12-9-10(2)7-8-11(12)3/h4-5,7-9H,1,6H2,2-3H3. The minimum Gasteiger partial charge on any atom is -0.0879 e. The molecule has 0 heteroatoms. The predicted molar refractivity (Wildman–Crippen MR) is 54.1 cm³/mol. The van der Waals surface area contributed by atoms with Gasteiger partial charge in [-0.2, -0.15) is 0 Å². The van der Waals surface area contributed by atoms with Crippen LogP contribution in [0.1, 0.15) is 16.7 Å². The fraction of sp³-hybridized carbons (Fsp3) is 0.250. The Kier molecular flexibility index (Phi) is 3.09. The third-order valence-corrected chi connectivity index (χ3v) is 2.01. The normalized spacial score (nSPS) is 10.9. The van der Waals surface area contributed by atoms with Crippen molar-refractivity contribution in [3.8, 4) is 0 Å². The van der Waals surface area contributed by atoms with Gasteiger partial charge in [0.05, 0.1) is 0 Å². The molecule has 0 fully saturated rings. The van der Waals surface area contributed by atoms with Crippen LogP contribution in [0.5, 0.6) is 0 Å². The van der Waals surface area contributed by atoms with Crippen LogP contribution in [0.15, 0.2) is 30.4 Å². The van der Waals surface area contributed by atoms with E-state index in [1.165, 1.54) is 16.7 Å². The van der Waals surface area contributed by atoms with Crippen molar-refractivity contribution < 1.29 is 0 Å². The SMILES string of the molecule is [CH2]C=CCc1cc(C)ccc1C. The van der Waals surface area contributed by atoms with E-state index in [1.807, 2.05) is 6.08 Å². The molecule has 0 bridgehead atoms. The molecule has 0 heterocycles. The van der Waals surface area contributed by atoms with E-state index in [0.29, 0.717) is 0 Å². The first kappa shape index (κ1) is 9.05. The van der Waals surface area contributed by atoms with E-state index in [0.717, 1.165) is 6.42 Å². The maximum Gasteiger partial charge on any atom is -0.00947 e. The Morgan fingerprint density at radius 3 is 2.75 bits per heavy atom. The number of aryl methyl sites for hydroxylation is 2. The molecule has 0 amide bonds. The molecule has 0 aliphatic rings. The molecule has 0 saturated heterocycles. The van der Waals surface area contributed by atoms with Crippen LogP contribution in [0, 0.1) is 20.8 Å². The second-order valence-corrected chi connectivity index (χ2v) is 3.11. The highest BCUT2D eigenvalue weighted by atomic mass is 14.0. The van der Waals surface area contributed by atoms with Gasteiger partial charge in [-0.05, 0) is 38.3 Å². The fourth-order valence-corrected chi connectivity index (χ4v) is 1.23. The largest absolute Gasteiger partial charge is 0.0879 e. The van der Waals surface area contributed by atoms with Gasteiger partial charge in [0.1, 0.15) is 0 Å². The van der Waals surface area contributed by atoms with Gasteiger partial charge in [0, 0.05) is 0 Å². The number of allylic oxidation sites excluding steroid dienone is 2. The molecule has 12 heavy (non-hydrogen) atoms. The monoisotopic (exact) mass is 159 g/mol. The summed E-state index contributed by atoms with van der Waals surface area (Å²) in [6.07, 6.45) is 4.93. The fourth-order valence-electron chi connectivity index (χ4n) is 1.23. The van der Waals surface area contributed by atoms with E-state index in [2.05, 4.69) is 45.0 Å². The molecule has 1 aromatic rings. The third-order valence-electron chi connectivity index (χ3n) is 2.01. The van der Waals surface area contributed by atoms with E-state index < -0.39 is 0 Å². The molecule has 0 saturated carbocycles. The minimum atomic E-state index is 0.997. The number of rotatable bonds is 2. The van der Waals surface area contributed by atoms with Gasteiger partial charge in [0.2, 0.25) is 0 Å². The summed E-state index contributed by atoms with van der Waals surface area (Å²) in [4.78, 5) is 0. The Labute approximate surface area is 74.9 Å². The van der Waals surface area contributed by atoms with Crippen LogP contribution in [0.3, 0.4) is 0 Å². The van der Waals surface area contributed by atoms with Gasteiger partial charge in [-0.15, -0.1) is 0 Å². The number of benzene rings is 1. The Morgan fingerprint density at radius 1 is 1.33 bits per heavy atom. The first-order chi connectivity index (χ1) is 5.74. The average molecular weight is 159 g/mol. The lowest BCUT2D eigenvalue weighted by molar-refractivity contribution is 1.19. The zero-order valence-corrected chi connectivity index (χ0v) is 7.80. The van der Waals surface area contributed by atoms with E-state index in [9.17, 15) is 0 Å². The van der Waals surface area contributed by atoms with Gasteiger partial charge in [-0.3, -0.25) is 0 Å². The lowest BCUT2D eigenvalue weighted by atomic mass is 10.0. The minimum absolute atomic E-state index is 0.997. The maximum absolute atomic E-state index is 3.67. The third kappa shape index (κ3) is 2.23. The van der Waals surface area contributed by atoms with Crippen molar-refractivity contribution in [3.63, 3.8) is 0 Å². The molecule has 0 nitrogen and oxygen atoms in total. The lowest BCUT2D eigenvalue weighted by Crippen LogP contribution is -1.87. The van der Waals surface area contributed by atoms with Crippen LogP contribution in [0.25, 0.3) is 0 Å². The van der Waals surface area contributed by atoms with Gasteiger partial charge in [0.25, 0.3) is 0 Å². The molecule has 1 aromatic carbocycles. The van der Waals surface area contributed by atoms with Crippen molar-refractivity contribution in [1.82, 2.24) is 0 Å². The molecule has 0 aromatic heterocycles. The van der Waals surface area contributed by atoms with Gasteiger partial charge in [0.15, 0.2) is 0 Å². The van der Waals surface area contributed by atoms with E-state index in [1.54, 1.807) is 0 Å². The smallest absolute Gasteiger partial charge is 0.00947 e. The van der Waals surface area contributed by atoms with Crippen molar-refractivity contribution in [2.24, 2.45) is 0 Å². The molecular formula is C12H15. The summed E-state index contributed by atoms with van der Waals surface area (Å²) < 4.78 is 0. The van der Waals surface area contributed by atoms with Crippen LogP contribution in [-0.4, -0.2) is 0 Å². The summed E-state index contributed by atoms with van der Waals surface area (Å²) >= 11 is 0. The molecule has 0 unspecified atom stereocenters. The summed E-state index contributed by atoms with van der Waals surface area (Å²) in [6, 6.07) is 6.55. The second-order valence-electron chi connectivity index (χ2n) is 3.11. The first-order valence-corrected chi connectivity index (χ1v) is 4.24. The van der Waals surface area contributed by atoms with Crippen LogP contribution < -0.4 is 0 Å². The summed E-state index contributed by atoms with van der Waals surface area (Å²) in [7, 11) is 0. The van der Waals surface area contributed by atoms with Gasteiger partial charge >= 0.3 is 0 Å². The molecule has 0 aliphatic carbocycles. The van der Waals surface area contributed by atoms with Crippen molar-refractivity contribution in [2.45, 2.75) is 20.3 Å². The Morgan fingerprint density at radius 2 is 2.08 bits per heavy atom. The van der Waals surface area contributed by atoms with Gasteiger partial charge in [-0.25, -0.2) is 0 Å². The predicted octanol–water partition coefficient (Wildman–Crippen LogP) is 3.24. The first-order valence-electron chi connectivity index (χ1n) is 4.24. The summed E-state index contributed by atoms with van der Waals surface area (Å²) in [5.74, 6) is 0. The molecule has 1 radical (unpaired) electrons. The zero-order valence-electron chi connectivity index (χ0n) is 7.80. The van der Waals surface area contributed by atoms with Gasteiger partial charge < -0.3 is 0 Å². The van der Waals surface area contributed by atoms with Crippen molar-refractivity contribution in [2.75, 3.05) is 0 Å². The van der Waals surface area contributed by atoms with Crippen molar-refractivity contribution >= 4 is 0 Å². The highest BCUT2D eigenvalue weighted by Crippen LogP contribution is 2.11. The zero-order chi connectivity index (χ0) is 8.97. The molecule has 1 rings (SSSR count). The maximum atomic E-state index is 3.67. The van der Waals surface area contributed by atoms with Crippen LogP contribution in [-0.2, 0) is 6.42 Å². The highest BCUT2D eigenvalue weighted by molar-refractivity contribution is 5.31. The van der Waals surface area contributed by atoms with E-state index in [-0.39, 0.29) is 0 Å². The topological polar surface area (TPSA) is 0 Å². The van der Waals surface area contributed by atoms with Crippen LogP contribution >= 0.6 is 0 Å². The molecular weight excluding hydrogens is 144 g/mol. The van der Waals surface area contributed by atoms with E-state index in [4.69, 9.17) is 0 Å². The van der Waals surface area contributed by atoms with Crippen LogP contribution in [0.4, 0.5) is 0 Å².